The van der Waals surface area contributed by atoms with Gasteiger partial charge in [-0.3, -0.25) is 14.8 Å². The van der Waals surface area contributed by atoms with Gasteiger partial charge in [-0.05, 0) is 12.1 Å². The van der Waals surface area contributed by atoms with Crippen LogP contribution in [0.1, 0.15) is 10.5 Å². The van der Waals surface area contributed by atoms with Crippen LogP contribution in [0, 0.1) is 0 Å². The number of benzene rings is 1. The molecule has 0 saturated carbocycles. The van der Waals surface area contributed by atoms with Gasteiger partial charge in [-0.1, -0.05) is 11.3 Å². The molecule has 0 aliphatic carbocycles. The van der Waals surface area contributed by atoms with Crippen molar-refractivity contribution < 1.29 is 9.53 Å². The van der Waals surface area contributed by atoms with Crippen LogP contribution in [0.4, 0.5) is 10.8 Å². The number of methoxy groups -OCH3 is 1. The minimum Gasteiger partial charge on any atom is -0.494 e. The Hall–Kier alpha value is -2.61. The van der Waals surface area contributed by atoms with Crippen LogP contribution < -0.4 is 15.8 Å². The molecule has 0 radical (unpaired) electrons. The number of nitrogen functional groups attached to an aromatic ring is 1. The van der Waals surface area contributed by atoms with Gasteiger partial charge in [0.15, 0.2) is 5.13 Å². The topological polar surface area (TPSA) is 95.1 Å². The molecule has 0 atom stereocenters. The Morgan fingerprint density at radius 1 is 1.48 bits per heavy atom. The highest BCUT2D eigenvalue weighted by molar-refractivity contribution is 7.22. The Bertz CT molecular complexity index is 823. The summed E-state index contributed by atoms with van der Waals surface area (Å²) < 4.78 is 7.61. The maximum Gasteiger partial charge on any atom is 0.275 e. The van der Waals surface area contributed by atoms with E-state index in [1.165, 1.54) is 16.0 Å². The number of amides is 1. The molecule has 3 N–H and O–H groups in total. The number of aryl methyl sites for hydroxylation is 1. The molecule has 0 fully saturated rings. The minimum atomic E-state index is -0.263. The fourth-order valence-corrected chi connectivity index (χ4v) is 2.91. The van der Waals surface area contributed by atoms with Crippen LogP contribution in [0.15, 0.2) is 24.4 Å². The summed E-state index contributed by atoms with van der Waals surface area (Å²) >= 11 is 1.34. The summed E-state index contributed by atoms with van der Waals surface area (Å²) in [5.74, 6) is 0.322. The van der Waals surface area contributed by atoms with Crippen LogP contribution in [-0.4, -0.2) is 27.8 Å². The molecule has 0 unspecified atom stereocenters. The van der Waals surface area contributed by atoms with E-state index in [0.29, 0.717) is 27.8 Å². The summed E-state index contributed by atoms with van der Waals surface area (Å²) in [6.07, 6.45) is 1.57. The summed E-state index contributed by atoms with van der Waals surface area (Å²) in [5.41, 5.74) is 7.53. The van der Waals surface area contributed by atoms with Gasteiger partial charge in [-0.25, -0.2) is 4.98 Å². The third-order valence-electron chi connectivity index (χ3n) is 2.98. The van der Waals surface area contributed by atoms with Crippen LogP contribution in [-0.2, 0) is 7.05 Å². The molecule has 7 nitrogen and oxygen atoms in total. The number of fused-ring (bicyclic) bond motifs is 1. The first-order valence-corrected chi connectivity index (χ1v) is 6.93. The lowest BCUT2D eigenvalue weighted by atomic mass is 10.3. The maximum atomic E-state index is 12.1. The Morgan fingerprint density at radius 3 is 2.95 bits per heavy atom. The van der Waals surface area contributed by atoms with Crippen molar-refractivity contribution in [2.75, 3.05) is 18.2 Å². The number of hydrogen-bond donors (Lipinski definition) is 2. The van der Waals surface area contributed by atoms with Crippen LogP contribution in [0.25, 0.3) is 10.2 Å². The molecule has 108 valence electrons. The fraction of sp³-hybridized carbons (Fsp3) is 0.154. The highest BCUT2D eigenvalue weighted by Gasteiger charge is 2.15. The summed E-state index contributed by atoms with van der Waals surface area (Å²) in [4.78, 5) is 16.5. The first-order valence-electron chi connectivity index (χ1n) is 6.12. The van der Waals surface area contributed by atoms with E-state index in [9.17, 15) is 4.79 Å². The molecule has 0 saturated heterocycles. The number of nitrogens with zero attached hydrogens (tertiary/aromatic N) is 3. The molecule has 3 aromatic rings. The molecule has 1 amide bonds. The number of rotatable bonds is 3. The third kappa shape index (κ3) is 2.40. The number of thiazole rings is 1. The second-order valence-corrected chi connectivity index (χ2v) is 5.41. The van der Waals surface area contributed by atoms with Gasteiger partial charge in [0.2, 0.25) is 0 Å². The standard InChI is InChI=1S/C13H13N5O2S/c1-18-8(3-4-15-18)12(19)17-13-16-11-9(20-2)5-7(14)6-10(11)21-13/h3-6H,14H2,1-2H3,(H,16,17,19). The molecule has 3 rings (SSSR count). The number of anilines is 2. The number of carbonyl (C=O) groups is 1. The predicted octanol–water partition coefficient (Wildman–Crippen LogP) is 1.87. The highest BCUT2D eigenvalue weighted by atomic mass is 32.1. The van der Waals surface area contributed by atoms with E-state index in [2.05, 4.69) is 15.4 Å². The Balaban J connectivity index is 1.95. The van der Waals surface area contributed by atoms with E-state index in [-0.39, 0.29) is 5.91 Å². The van der Waals surface area contributed by atoms with Crippen LogP contribution in [0.3, 0.4) is 0 Å². The molecule has 0 aliphatic rings. The summed E-state index contributed by atoms with van der Waals surface area (Å²) in [6.45, 7) is 0. The molecular formula is C13H13N5O2S. The molecule has 0 aliphatic heterocycles. The van der Waals surface area contributed by atoms with Crippen LogP contribution in [0.2, 0.25) is 0 Å². The minimum absolute atomic E-state index is 0.263. The van der Waals surface area contributed by atoms with Crippen LogP contribution >= 0.6 is 11.3 Å². The zero-order valence-corrected chi connectivity index (χ0v) is 12.3. The Morgan fingerprint density at radius 2 is 2.29 bits per heavy atom. The third-order valence-corrected chi connectivity index (χ3v) is 3.89. The zero-order valence-electron chi connectivity index (χ0n) is 11.5. The number of nitrogens with one attached hydrogen (secondary N) is 1. The van der Waals surface area contributed by atoms with E-state index in [0.717, 1.165) is 4.70 Å². The van der Waals surface area contributed by atoms with Gasteiger partial charge < -0.3 is 10.5 Å². The molecule has 2 aromatic heterocycles. The number of carbonyl (C=O) groups excluding carboxylic acids is 1. The molecule has 0 spiro atoms. The van der Waals surface area contributed by atoms with Crippen molar-refractivity contribution in [2.24, 2.45) is 7.05 Å². The largest absolute Gasteiger partial charge is 0.494 e. The number of nitrogens with two attached hydrogens (primary N) is 1. The number of ether oxygens (including phenoxy) is 1. The van der Waals surface area contributed by atoms with Gasteiger partial charge in [-0.2, -0.15) is 5.10 Å². The fourth-order valence-electron chi connectivity index (χ4n) is 1.99. The molecule has 2 heterocycles. The van der Waals surface area contributed by atoms with Gasteiger partial charge in [0.05, 0.1) is 11.8 Å². The number of hydrogen-bond acceptors (Lipinski definition) is 6. The van der Waals surface area contributed by atoms with Gasteiger partial charge in [0, 0.05) is 25.0 Å². The van der Waals surface area contributed by atoms with Crippen molar-refractivity contribution in [1.82, 2.24) is 14.8 Å². The van der Waals surface area contributed by atoms with Crippen LogP contribution in [0.5, 0.6) is 5.75 Å². The molecule has 21 heavy (non-hydrogen) atoms. The molecule has 0 bridgehead atoms. The summed E-state index contributed by atoms with van der Waals surface area (Å²) in [7, 11) is 3.26. The SMILES string of the molecule is COc1cc(N)cc2sc(NC(=O)c3ccnn3C)nc12. The van der Waals surface area contributed by atoms with Crippen molar-refractivity contribution in [3.05, 3.63) is 30.1 Å². The van der Waals surface area contributed by atoms with E-state index in [1.54, 1.807) is 38.6 Å². The van der Waals surface area contributed by atoms with E-state index in [4.69, 9.17) is 10.5 Å². The van der Waals surface area contributed by atoms with Gasteiger partial charge in [0.1, 0.15) is 17.0 Å². The Labute approximate surface area is 124 Å². The smallest absolute Gasteiger partial charge is 0.275 e. The van der Waals surface area contributed by atoms with Gasteiger partial charge in [-0.15, -0.1) is 0 Å². The van der Waals surface area contributed by atoms with Crippen molar-refractivity contribution >= 4 is 38.3 Å². The van der Waals surface area contributed by atoms with E-state index >= 15 is 0 Å². The highest BCUT2D eigenvalue weighted by Crippen LogP contribution is 2.34. The lowest BCUT2D eigenvalue weighted by Crippen LogP contribution is -2.15. The summed E-state index contributed by atoms with van der Waals surface area (Å²) in [6, 6.07) is 5.14. The second kappa shape index (κ2) is 5.06. The van der Waals surface area contributed by atoms with Gasteiger partial charge >= 0.3 is 0 Å². The maximum absolute atomic E-state index is 12.1. The number of aromatic nitrogens is 3. The van der Waals surface area contributed by atoms with E-state index < -0.39 is 0 Å². The molecule has 8 heteroatoms. The average Bonchev–Trinajstić information content (AvgIpc) is 3.03. The first-order chi connectivity index (χ1) is 10.1. The Kier molecular flexibility index (Phi) is 3.22. The average molecular weight is 303 g/mol. The molecular weight excluding hydrogens is 290 g/mol. The second-order valence-electron chi connectivity index (χ2n) is 4.38. The first kappa shape index (κ1) is 13.4. The van der Waals surface area contributed by atoms with Gasteiger partial charge in [0.25, 0.3) is 5.91 Å². The lowest BCUT2D eigenvalue weighted by molar-refractivity contribution is 0.101. The summed E-state index contributed by atoms with van der Waals surface area (Å²) in [5, 5.41) is 7.21. The zero-order chi connectivity index (χ0) is 15.0. The monoisotopic (exact) mass is 303 g/mol. The van der Waals surface area contributed by atoms with Crippen molar-refractivity contribution in [1.29, 1.82) is 0 Å². The normalized spacial score (nSPS) is 10.8. The quantitative estimate of drug-likeness (QED) is 0.720. The van der Waals surface area contributed by atoms with Crippen molar-refractivity contribution in [2.45, 2.75) is 0 Å². The lowest BCUT2D eigenvalue weighted by Gasteiger charge is -2.01. The predicted molar refractivity (Wildman–Crippen MR) is 81.7 cm³/mol. The van der Waals surface area contributed by atoms with Crippen molar-refractivity contribution in [3.8, 4) is 5.75 Å². The van der Waals surface area contributed by atoms with Crippen molar-refractivity contribution in [3.63, 3.8) is 0 Å². The van der Waals surface area contributed by atoms with E-state index in [1.807, 2.05) is 0 Å². The molecule has 1 aromatic carbocycles.